The molecule has 3 N–H and O–H groups in total. The molecule has 3 aromatic rings. The molecule has 3 rings (SSSR count). The van der Waals surface area contributed by atoms with Crippen LogP contribution in [0.5, 0.6) is 5.75 Å². The van der Waals surface area contributed by atoms with Gasteiger partial charge in [-0.25, -0.2) is 5.84 Å². The van der Waals surface area contributed by atoms with Gasteiger partial charge in [0.2, 0.25) is 0 Å². The molecule has 0 saturated heterocycles. The molecule has 0 aliphatic rings. The fraction of sp³-hybridized carbons (Fsp3) is 0.0667. The number of hydrogen-bond donors (Lipinski definition) is 2. The van der Waals surface area contributed by atoms with Crippen LogP contribution in [-0.4, -0.2) is 16.9 Å². The molecular weight excluding hydrogens is 268 g/mol. The molecule has 0 bridgehead atoms. The fourth-order valence-electron chi connectivity index (χ4n) is 2.19. The van der Waals surface area contributed by atoms with Gasteiger partial charge in [-0.2, -0.15) is 4.68 Å². The van der Waals surface area contributed by atoms with Crippen LogP contribution in [0.15, 0.2) is 53.3 Å². The second-order valence-corrected chi connectivity index (χ2v) is 4.45. The first-order valence-corrected chi connectivity index (χ1v) is 6.37. The summed E-state index contributed by atoms with van der Waals surface area (Å²) in [5.74, 6) is 6.67. The number of rotatable bonds is 3. The summed E-state index contributed by atoms with van der Waals surface area (Å²) in [5, 5.41) is 5.51. The van der Waals surface area contributed by atoms with Crippen LogP contribution in [-0.2, 0) is 0 Å². The van der Waals surface area contributed by atoms with E-state index >= 15 is 0 Å². The molecule has 0 spiro atoms. The largest absolute Gasteiger partial charge is 0.497 e. The average Bonchev–Trinajstić information content (AvgIpc) is 2.56. The lowest BCUT2D eigenvalue weighted by Gasteiger charge is -2.10. The van der Waals surface area contributed by atoms with Crippen LogP contribution in [0.25, 0.3) is 16.5 Å². The maximum Gasteiger partial charge on any atom is 0.279 e. The van der Waals surface area contributed by atoms with Gasteiger partial charge in [0.1, 0.15) is 5.75 Å². The van der Waals surface area contributed by atoms with Crippen LogP contribution < -0.4 is 21.6 Å². The summed E-state index contributed by atoms with van der Waals surface area (Å²) in [7, 11) is 1.59. The summed E-state index contributed by atoms with van der Waals surface area (Å²) in [5.41, 5.74) is 2.98. The maximum absolute atomic E-state index is 12.6. The highest BCUT2D eigenvalue weighted by Crippen LogP contribution is 2.19. The van der Waals surface area contributed by atoms with Crippen molar-refractivity contribution < 1.29 is 4.74 Å². The van der Waals surface area contributed by atoms with E-state index in [0.717, 1.165) is 0 Å². The highest BCUT2D eigenvalue weighted by molar-refractivity contribution is 5.90. The lowest BCUT2D eigenvalue weighted by molar-refractivity contribution is 0.414. The van der Waals surface area contributed by atoms with E-state index in [-0.39, 0.29) is 5.56 Å². The Balaban J connectivity index is 2.27. The molecule has 0 amide bonds. The lowest BCUT2D eigenvalue weighted by Crippen LogP contribution is -2.24. The third-order valence-electron chi connectivity index (χ3n) is 3.26. The van der Waals surface area contributed by atoms with Gasteiger partial charge in [0.25, 0.3) is 5.56 Å². The van der Waals surface area contributed by atoms with E-state index in [1.807, 2.05) is 12.1 Å². The monoisotopic (exact) mass is 282 g/mol. The van der Waals surface area contributed by atoms with Gasteiger partial charge in [-0.1, -0.05) is 18.2 Å². The van der Waals surface area contributed by atoms with Crippen molar-refractivity contribution in [1.29, 1.82) is 0 Å². The number of anilines is 1. The molecule has 0 aliphatic heterocycles. The molecule has 1 aromatic heterocycles. The van der Waals surface area contributed by atoms with Gasteiger partial charge in [0.05, 0.1) is 18.2 Å². The minimum absolute atomic E-state index is 0.199. The van der Waals surface area contributed by atoms with Crippen molar-refractivity contribution in [3.05, 3.63) is 58.9 Å². The van der Waals surface area contributed by atoms with Gasteiger partial charge in [0, 0.05) is 5.39 Å². The summed E-state index contributed by atoms with van der Waals surface area (Å²) in [6.45, 7) is 0. The molecular formula is C15H14N4O2. The summed E-state index contributed by atoms with van der Waals surface area (Å²) in [6, 6.07) is 14.3. The van der Waals surface area contributed by atoms with Crippen LogP contribution in [0.4, 0.5) is 5.82 Å². The summed E-state index contributed by atoms with van der Waals surface area (Å²) in [4.78, 5) is 12.6. The van der Waals surface area contributed by atoms with E-state index in [0.29, 0.717) is 28.0 Å². The molecule has 0 aliphatic carbocycles. The number of hydrogen-bond acceptors (Lipinski definition) is 5. The number of nitrogens with two attached hydrogens (primary N) is 1. The highest BCUT2D eigenvalue weighted by Gasteiger charge is 2.10. The van der Waals surface area contributed by atoms with E-state index in [2.05, 4.69) is 10.5 Å². The first-order chi connectivity index (χ1) is 10.2. The van der Waals surface area contributed by atoms with Crippen molar-refractivity contribution in [2.24, 2.45) is 5.84 Å². The van der Waals surface area contributed by atoms with Crippen molar-refractivity contribution in [1.82, 2.24) is 9.78 Å². The molecule has 1 heterocycles. The minimum atomic E-state index is -0.199. The van der Waals surface area contributed by atoms with Crippen molar-refractivity contribution in [2.75, 3.05) is 12.5 Å². The number of methoxy groups -OCH3 is 1. The molecule has 2 aromatic carbocycles. The zero-order valence-electron chi connectivity index (χ0n) is 11.4. The Morgan fingerprint density at radius 3 is 2.38 bits per heavy atom. The highest BCUT2D eigenvalue weighted by atomic mass is 16.5. The van der Waals surface area contributed by atoms with Gasteiger partial charge in [-0.15, -0.1) is 5.10 Å². The standard InChI is InChI=1S/C15H14N4O2/c1-21-11-8-6-10(7-9-11)19-15(20)13-5-3-2-4-12(13)14(17-16)18-19/h2-9H,16H2,1H3,(H,17,18). The zero-order valence-corrected chi connectivity index (χ0v) is 11.4. The molecule has 0 radical (unpaired) electrons. The summed E-state index contributed by atoms with van der Waals surface area (Å²) in [6.07, 6.45) is 0. The van der Waals surface area contributed by atoms with Crippen LogP contribution in [0, 0.1) is 0 Å². The van der Waals surface area contributed by atoms with Gasteiger partial charge in [-0.3, -0.25) is 4.79 Å². The van der Waals surface area contributed by atoms with Crippen molar-refractivity contribution >= 4 is 16.6 Å². The number of nitrogen functional groups attached to an aromatic ring is 1. The lowest BCUT2D eigenvalue weighted by atomic mass is 10.2. The Labute approximate surface area is 120 Å². The molecule has 6 heteroatoms. The Hall–Kier alpha value is -2.86. The number of benzene rings is 2. The Bertz CT molecular complexity index is 840. The van der Waals surface area contributed by atoms with Crippen molar-refractivity contribution in [2.45, 2.75) is 0 Å². The van der Waals surface area contributed by atoms with Gasteiger partial charge in [0.15, 0.2) is 5.82 Å². The second-order valence-electron chi connectivity index (χ2n) is 4.45. The molecule has 0 unspecified atom stereocenters. The van der Waals surface area contributed by atoms with Gasteiger partial charge >= 0.3 is 0 Å². The topological polar surface area (TPSA) is 82.2 Å². The van der Waals surface area contributed by atoms with Crippen LogP contribution >= 0.6 is 0 Å². The van der Waals surface area contributed by atoms with Crippen LogP contribution in [0.3, 0.4) is 0 Å². The van der Waals surface area contributed by atoms with E-state index < -0.39 is 0 Å². The van der Waals surface area contributed by atoms with E-state index in [9.17, 15) is 4.79 Å². The predicted octanol–water partition coefficient (Wildman–Crippen LogP) is 1.68. The fourth-order valence-corrected chi connectivity index (χ4v) is 2.19. The number of nitrogens with one attached hydrogen (secondary N) is 1. The molecule has 106 valence electrons. The maximum atomic E-state index is 12.6. The van der Waals surface area contributed by atoms with E-state index in [1.165, 1.54) is 4.68 Å². The van der Waals surface area contributed by atoms with Crippen LogP contribution in [0.1, 0.15) is 0 Å². The predicted molar refractivity (Wildman–Crippen MR) is 81.7 cm³/mol. The number of nitrogens with zero attached hydrogens (tertiary/aromatic N) is 2. The SMILES string of the molecule is COc1ccc(-n2nc(NN)c3ccccc3c2=O)cc1. The summed E-state index contributed by atoms with van der Waals surface area (Å²) >= 11 is 0. The zero-order chi connectivity index (χ0) is 14.8. The van der Waals surface area contributed by atoms with Gasteiger partial charge in [-0.05, 0) is 30.3 Å². The average molecular weight is 282 g/mol. The second kappa shape index (κ2) is 5.26. The third-order valence-corrected chi connectivity index (χ3v) is 3.26. The Kier molecular flexibility index (Phi) is 3.29. The quantitative estimate of drug-likeness (QED) is 0.564. The first kappa shape index (κ1) is 13.1. The normalized spacial score (nSPS) is 10.6. The van der Waals surface area contributed by atoms with Gasteiger partial charge < -0.3 is 10.2 Å². The smallest absolute Gasteiger partial charge is 0.279 e. The Morgan fingerprint density at radius 2 is 1.76 bits per heavy atom. The number of ether oxygens (including phenoxy) is 1. The number of hydrazine groups is 1. The van der Waals surface area contributed by atoms with Crippen LogP contribution in [0.2, 0.25) is 0 Å². The van der Waals surface area contributed by atoms with E-state index in [1.54, 1.807) is 43.5 Å². The molecule has 0 saturated carbocycles. The van der Waals surface area contributed by atoms with E-state index in [4.69, 9.17) is 10.6 Å². The first-order valence-electron chi connectivity index (χ1n) is 6.37. The number of aromatic nitrogens is 2. The summed E-state index contributed by atoms with van der Waals surface area (Å²) < 4.78 is 6.43. The molecule has 6 nitrogen and oxygen atoms in total. The number of fused-ring (bicyclic) bond motifs is 1. The molecule has 21 heavy (non-hydrogen) atoms. The van der Waals surface area contributed by atoms with Crippen molar-refractivity contribution in [3.63, 3.8) is 0 Å². The molecule has 0 fully saturated rings. The molecule has 0 atom stereocenters. The van der Waals surface area contributed by atoms with Crippen molar-refractivity contribution in [3.8, 4) is 11.4 Å². The minimum Gasteiger partial charge on any atom is -0.497 e. The third kappa shape index (κ3) is 2.21. The Morgan fingerprint density at radius 1 is 1.10 bits per heavy atom.